The Morgan fingerprint density at radius 2 is 1.92 bits per heavy atom. The van der Waals surface area contributed by atoms with Crippen LogP contribution in [0.2, 0.25) is 0 Å². The molecule has 0 aliphatic heterocycles. The molecule has 0 spiro atoms. The van der Waals surface area contributed by atoms with E-state index in [1.54, 1.807) is 31.4 Å². The van der Waals surface area contributed by atoms with Gasteiger partial charge in [0.1, 0.15) is 5.75 Å². The summed E-state index contributed by atoms with van der Waals surface area (Å²) in [5, 5.41) is 16.7. The highest BCUT2D eigenvalue weighted by molar-refractivity contribution is 5.80. The van der Waals surface area contributed by atoms with E-state index in [1.165, 1.54) is 0 Å². The standard InChI is InChI=1S/C19H21N3O3/c1-25-16-8-6-13(7-9-16)18(23)12-21-19(24)20-11-15-10-14-4-2-3-5-17(14)22-15/h2-10,18,22-23H,11-12H2,1H3,(H2,20,21,24). The van der Waals surface area contributed by atoms with Crippen LogP contribution in [0.1, 0.15) is 17.4 Å². The second kappa shape index (κ2) is 7.72. The average molecular weight is 339 g/mol. The minimum Gasteiger partial charge on any atom is -0.497 e. The number of carbonyl (C=O) groups is 1. The summed E-state index contributed by atoms with van der Waals surface area (Å²) in [6.07, 6.45) is -0.773. The highest BCUT2D eigenvalue weighted by Crippen LogP contribution is 2.17. The number of hydrogen-bond acceptors (Lipinski definition) is 3. The van der Waals surface area contributed by atoms with Crippen LogP contribution in [0.15, 0.2) is 54.6 Å². The second-order valence-electron chi connectivity index (χ2n) is 5.73. The number of urea groups is 1. The highest BCUT2D eigenvalue weighted by atomic mass is 16.5. The SMILES string of the molecule is COc1ccc(C(O)CNC(=O)NCc2cc3ccccc3[nH]2)cc1. The van der Waals surface area contributed by atoms with Crippen molar-refractivity contribution in [1.82, 2.24) is 15.6 Å². The number of nitrogens with one attached hydrogen (secondary N) is 3. The zero-order valence-corrected chi connectivity index (χ0v) is 14.0. The van der Waals surface area contributed by atoms with E-state index in [0.717, 1.165) is 27.9 Å². The van der Waals surface area contributed by atoms with Gasteiger partial charge in [0, 0.05) is 17.8 Å². The topological polar surface area (TPSA) is 86.4 Å². The van der Waals surface area contributed by atoms with Gasteiger partial charge in [0.2, 0.25) is 0 Å². The van der Waals surface area contributed by atoms with Crippen molar-refractivity contribution in [1.29, 1.82) is 0 Å². The Labute approximate surface area is 145 Å². The summed E-state index contributed by atoms with van der Waals surface area (Å²) in [6, 6.07) is 16.7. The van der Waals surface area contributed by atoms with E-state index in [2.05, 4.69) is 15.6 Å². The molecule has 1 heterocycles. The van der Waals surface area contributed by atoms with Crippen molar-refractivity contribution in [3.05, 3.63) is 65.9 Å². The molecule has 0 saturated carbocycles. The molecule has 0 aliphatic carbocycles. The lowest BCUT2D eigenvalue weighted by atomic mass is 10.1. The average Bonchev–Trinajstić information content (AvgIpc) is 3.07. The van der Waals surface area contributed by atoms with E-state index < -0.39 is 6.10 Å². The number of ether oxygens (including phenoxy) is 1. The number of amides is 2. The molecule has 2 aromatic carbocycles. The number of aliphatic hydroxyl groups excluding tert-OH is 1. The predicted molar refractivity (Wildman–Crippen MR) is 96.5 cm³/mol. The predicted octanol–water partition coefficient (Wildman–Crippen LogP) is 2.71. The van der Waals surface area contributed by atoms with E-state index in [1.807, 2.05) is 30.3 Å². The van der Waals surface area contributed by atoms with Crippen molar-refractivity contribution in [2.45, 2.75) is 12.6 Å². The Balaban J connectivity index is 1.47. The number of benzene rings is 2. The third-order valence-electron chi connectivity index (χ3n) is 3.98. The van der Waals surface area contributed by atoms with Crippen LogP contribution in [-0.2, 0) is 6.54 Å². The van der Waals surface area contributed by atoms with Gasteiger partial charge < -0.3 is 25.5 Å². The summed E-state index contributed by atoms with van der Waals surface area (Å²) in [5.41, 5.74) is 2.68. The molecule has 0 fully saturated rings. The molecule has 0 aliphatic rings. The zero-order chi connectivity index (χ0) is 17.6. The van der Waals surface area contributed by atoms with E-state index >= 15 is 0 Å². The largest absolute Gasteiger partial charge is 0.497 e. The minimum absolute atomic E-state index is 0.130. The molecule has 6 heteroatoms. The summed E-state index contributed by atoms with van der Waals surface area (Å²) >= 11 is 0. The number of aliphatic hydroxyl groups is 1. The van der Waals surface area contributed by atoms with Gasteiger partial charge in [-0.25, -0.2) is 4.79 Å². The lowest BCUT2D eigenvalue weighted by molar-refractivity contribution is 0.173. The normalized spacial score (nSPS) is 11.9. The molecule has 3 rings (SSSR count). The van der Waals surface area contributed by atoms with Gasteiger partial charge in [0.15, 0.2) is 0 Å². The van der Waals surface area contributed by atoms with Crippen LogP contribution in [0.4, 0.5) is 4.79 Å². The molecule has 25 heavy (non-hydrogen) atoms. The molecule has 0 bridgehead atoms. The van der Waals surface area contributed by atoms with Gasteiger partial charge in [0.25, 0.3) is 0 Å². The first-order chi connectivity index (χ1) is 12.2. The van der Waals surface area contributed by atoms with Crippen LogP contribution in [0.25, 0.3) is 10.9 Å². The molecular formula is C19H21N3O3. The first kappa shape index (κ1) is 16.9. The van der Waals surface area contributed by atoms with Gasteiger partial charge in [-0.05, 0) is 35.2 Å². The number of aromatic amines is 1. The third kappa shape index (κ3) is 4.30. The molecule has 0 saturated heterocycles. The van der Waals surface area contributed by atoms with Gasteiger partial charge >= 0.3 is 6.03 Å². The fourth-order valence-electron chi connectivity index (χ4n) is 2.60. The fourth-order valence-corrected chi connectivity index (χ4v) is 2.60. The zero-order valence-electron chi connectivity index (χ0n) is 14.0. The molecule has 1 unspecified atom stereocenters. The van der Waals surface area contributed by atoms with E-state index in [-0.39, 0.29) is 12.6 Å². The molecule has 1 aromatic heterocycles. The Bertz CT molecular complexity index is 810. The molecule has 1 atom stereocenters. The van der Waals surface area contributed by atoms with Crippen LogP contribution in [0.5, 0.6) is 5.75 Å². The number of carbonyl (C=O) groups excluding carboxylic acids is 1. The van der Waals surface area contributed by atoms with Gasteiger partial charge in [-0.1, -0.05) is 30.3 Å². The quantitative estimate of drug-likeness (QED) is 0.557. The summed E-state index contributed by atoms with van der Waals surface area (Å²) < 4.78 is 5.08. The third-order valence-corrected chi connectivity index (χ3v) is 3.98. The smallest absolute Gasteiger partial charge is 0.315 e. The molecule has 0 radical (unpaired) electrons. The summed E-state index contributed by atoms with van der Waals surface area (Å²) in [6.45, 7) is 0.518. The molecule has 2 amide bonds. The van der Waals surface area contributed by atoms with Crippen LogP contribution >= 0.6 is 0 Å². The minimum atomic E-state index is -0.773. The second-order valence-corrected chi connectivity index (χ2v) is 5.73. The van der Waals surface area contributed by atoms with Crippen molar-refractivity contribution >= 4 is 16.9 Å². The number of H-pyrrole nitrogens is 1. The lowest BCUT2D eigenvalue weighted by Crippen LogP contribution is -2.37. The molecule has 4 N–H and O–H groups in total. The van der Waals surface area contributed by atoms with Crippen molar-refractivity contribution in [2.24, 2.45) is 0 Å². The molecule has 3 aromatic rings. The van der Waals surface area contributed by atoms with Crippen LogP contribution in [0, 0.1) is 0 Å². The number of methoxy groups -OCH3 is 1. The maximum absolute atomic E-state index is 11.9. The fraction of sp³-hybridized carbons (Fsp3) is 0.211. The van der Waals surface area contributed by atoms with Crippen molar-refractivity contribution in [3.63, 3.8) is 0 Å². The van der Waals surface area contributed by atoms with Crippen molar-refractivity contribution < 1.29 is 14.6 Å². The number of fused-ring (bicyclic) bond motifs is 1. The monoisotopic (exact) mass is 339 g/mol. The van der Waals surface area contributed by atoms with Gasteiger partial charge in [-0.15, -0.1) is 0 Å². The van der Waals surface area contributed by atoms with E-state index in [4.69, 9.17) is 4.74 Å². The highest BCUT2D eigenvalue weighted by Gasteiger charge is 2.10. The molecule has 130 valence electrons. The molecular weight excluding hydrogens is 318 g/mol. The first-order valence-electron chi connectivity index (χ1n) is 8.06. The number of aromatic nitrogens is 1. The maximum atomic E-state index is 11.9. The van der Waals surface area contributed by atoms with Crippen molar-refractivity contribution in [2.75, 3.05) is 13.7 Å². The van der Waals surface area contributed by atoms with Crippen molar-refractivity contribution in [3.8, 4) is 5.75 Å². The number of rotatable bonds is 6. The van der Waals surface area contributed by atoms with Crippen LogP contribution in [-0.4, -0.2) is 29.8 Å². The number of hydrogen-bond donors (Lipinski definition) is 4. The summed E-state index contributed by atoms with van der Waals surface area (Å²) in [7, 11) is 1.59. The summed E-state index contributed by atoms with van der Waals surface area (Å²) in [5.74, 6) is 0.722. The maximum Gasteiger partial charge on any atom is 0.315 e. The Morgan fingerprint density at radius 3 is 2.64 bits per heavy atom. The Morgan fingerprint density at radius 1 is 1.16 bits per heavy atom. The van der Waals surface area contributed by atoms with Crippen LogP contribution in [0.3, 0.4) is 0 Å². The van der Waals surface area contributed by atoms with Gasteiger partial charge in [-0.3, -0.25) is 0 Å². The lowest BCUT2D eigenvalue weighted by Gasteiger charge is -2.13. The van der Waals surface area contributed by atoms with E-state index in [9.17, 15) is 9.90 Å². The van der Waals surface area contributed by atoms with E-state index in [0.29, 0.717) is 6.54 Å². The van der Waals surface area contributed by atoms with Gasteiger partial charge in [0.05, 0.1) is 19.8 Å². The Kier molecular flexibility index (Phi) is 5.20. The first-order valence-corrected chi connectivity index (χ1v) is 8.06. The summed E-state index contributed by atoms with van der Waals surface area (Å²) in [4.78, 5) is 15.1. The Hall–Kier alpha value is -2.99. The molecule has 6 nitrogen and oxygen atoms in total. The van der Waals surface area contributed by atoms with Gasteiger partial charge in [-0.2, -0.15) is 0 Å². The van der Waals surface area contributed by atoms with Crippen LogP contribution < -0.4 is 15.4 Å². The number of para-hydroxylation sites is 1.